The van der Waals surface area contributed by atoms with Gasteiger partial charge in [0.05, 0.1) is 5.69 Å². The lowest BCUT2D eigenvalue weighted by molar-refractivity contribution is 0.494. The number of fused-ring (bicyclic) bond motifs is 1. The van der Waals surface area contributed by atoms with Crippen LogP contribution in [0.15, 0.2) is 0 Å². The molecule has 2 unspecified atom stereocenters. The summed E-state index contributed by atoms with van der Waals surface area (Å²) in [5, 5.41) is 4.71. The van der Waals surface area contributed by atoms with E-state index in [1.165, 1.54) is 48.1 Å². The van der Waals surface area contributed by atoms with E-state index >= 15 is 0 Å². The first-order valence-corrected chi connectivity index (χ1v) is 8.57. The summed E-state index contributed by atoms with van der Waals surface area (Å²) in [5.74, 6) is 1.90. The molecule has 1 aliphatic heterocycles. The van der Waals surface area contributed by atoms with E-state index in [9.17, 15) is 0 Å². The molecule has 2 fully saturated rings. The number of rotatable bonds is 5. The number of aromatic nitrogens is 1. The van der Waals surface area contributed by atoms with Crippen molar-refractivity contribution < 1.29 is 0 Å². The number of hydrogen-bond acceptors (Lipinski definition) is 4. The quantitative estimate of drug-likeness (QED) is 0.898. The average molecular weight is 279 g/mol. The van der Waals surface area contributed by atoms with Crippen molar-refractivity contribution in [2.24, 2.45) is 11.8 Å². The van der Waals surface area contributed by atoms with Crippen LogP contribution in [0.3, 0.4) is 0 Å². The van der Waals surface area contributed by atoms with Crippen LogP contribution in [0.4, 0.5) is 5.13 Å². The van der Waals surface area contributed by atoms with Crippen molar-refractivity contribution in [2.75, 3.05) is 24.5 Å². The van der Waals surface area contributed by atoms with E-state index in [4.69, 9.17) is 4.98 Å². The molecule has 1 aliphatic carbocycles. The summed E-state index contributed by atoms with van der Waals surface area (Å²) >= 11 is 1.91. The molecule has 2 aliphatic rings. The fourth-order valence-corrected chi connectivity index (χ4v) is 4.69. The highest BCUT2D eigenvalue weighted by Gasteiger charge is 2.37. The first-order chi connectivity index (χ1) is 9.31. The number of aryl methyl sites for hydroxylation is 1. The van der Waals surface area contributed by atoms with E-state index in [-0.39, 0.29) is 0 Å². The lowest BCUT2D eigenvalue weighted by Gasteiger charge is -2.15. The van der Waals surface area contributed by atoms with E-state index in [0.717, 1.165) is 31.3 Å². The van der Waals surface area contributed by atoms with Crippen molar-refractivity contribution in [2.45, 2.75) is 46.1 Å². The van der Waals surface area contributed by atoms with Crippen LogP contribution in [0.2, 0.25) is 0 Å². The molecule has 1 saturated heterocycles. The van der Waals surface area contributed by atoms with Gasteiger partial charge in [0, 0.05) is 24.5 Å². The zero-order chi connectivity index (χ0) is 13.2. The second kappa shape index (κ2) is 5.80. The summed E-state index contributed by atoms with van der Waals surface area (Å²) in [6.45, 7) is 8.90. The summed E-state index contributed by atoms with van der Waals surface area (Å²) in [7, 11) is 0. The number of nitrogens with zero attached hydrogens (tertiary/aromatic N) is 2. The summed E-state index contributed by atoms with van der Waals surface area (Å²) < 4.78 is 0. The molecule has 1 saturated carbocycles. The number of anilines is 1. The zero-order valence-electron chi connectivity index (χ0n) is 12.1. The molecular formula is C15H25N3S. The van der Waals surface area contributed by atoms with Crippen molar-refractivity contribution in [3.05, 3.63) is 10.6 Å². The van der Waals surface area contributed by atoms with Gasteiger partial charge in [0.15, 0.2) is 5.13 Å². The Morgan fingerprint density at radius 2 is 2.00 bits per heavy atom. The third-order valence-electron chi connectivity index (χ3n) is 4.63. The van der Waals surface area contributed by atoms with Gasteiger partial charge in [-0.1, -0.05) is 20.3 Å². The average Bonchev–Trinajstić information content (AvgIpc) is 3.08. The molecule has 0 spiro atoms. The Balaban J connectivity index is 1.72. The lowest BCUT2D eigenvalue weighted by Crippen LogP contribution is -2.20. The molecule has 1 N–H and O–H groups in total. The van der Waals surface area contributed by atoms with Gasteiger partial charge < -0.3 is 10.2 Å². The molecule has 19 heavy (non-hydrogen) atoms. The van der Waals surface area contributed by atoms with Crippen LogP contribution >= 0.6 is 11.3 Å². The normalized spacial score (nSPS) is 26.1. The Morgan fingerprint density at radius 1 is 1.26 bits per heavy atom. The summed E-state index contributed by atoms with van der Waals surface area (Å²) in [6.07, 6.45) is 5.39. The molecule has 2 atom stereocenters. The summed E-state index contributed by atoms with van der Waals surface area (Å²) in [6, 6.07) is 0. The van der Waals surface area contributed by atoms with Crippen LogP contribution in [-0.4, -0.2) is 24.6 Å². The Morgan fingerprint density at radius 3 is 2.63 bits per heavy atom. The fourth-order valence-electron chi connectivity index (χ4n) is 3.55. The lowest BCUT2D eigenvalue weighted by atomic mass is 10.0. The number of hydrogen-bond donors (Lipinski definition) is 1. The van der Waals surface area contributed by atoms with Gasteiger partial charge in [0.1, 0.15) is 0 Å². The molecule has 2 heterocycles. The van der Waals surface area contributed by atoms with Gasteiger partial charge in [-0.15, -0.1) is 11.3 Å². The highest BCUT2D eigenvalue weighted by molar-refractivity contribution is 7.15. The maximum atomic E-state index is 4.90. The highest BCUT2D eigenvalue weighted by atomic mass is 32.1. The molecule has 0 bridgehead atoms. The Bertz CT molecular complexity index is 417. The monoisotopic (exact) mass is 279 g/mol. The van der Waals surface area contributed by atoms with E-state index in [1.54, 1.807) is 0 Å². The molecular weight excluding hydrogens is 254 g/mol. The summed E-state index contributed by atoms with van der Waals surface area (Å²) in [5.41, 5.74) is 1.30. The predicted octanol–water partition coefficient (Wildman–Crippen LogP) is 3.05. The van der Waals surface area contributed by atoms with Crippen molar-refractivity contribution in [1.82, 2.24) is 10.3 Å². The fraction of sp³-hybridized carbons (Fsp3) is 0.800. The van der Waals surface area contributed by atoms with Crippen molar-refractivity contribution in [1.29, 1.82) is 0 Å². The molecule has 3 rings (SSSR count). The Hall–Kier alpha value is -0.610. The molecule has 4 heteroatoms. The predicted molar refractivity (Wildman–Crippen MR) is 81.9 cm³/mol. The maximum Gasteiger partial charge on any atom is 0.185 e. The van der Waals surface area contributed by atoms with Gasteiger partial charge in [-0.05, 0) is 37.6 Å². The molecule has 1 aromatic heterocycles. The number of thiazole rings is 1. The smallest absolute Gasteiger partial charge is 0.185 e. The van der Waals surface area contributed by atoms with E-state index in [2.05, 4.69) is 24.1 Å². The minimum absolute atomic E-state index is 0.950. The Kier molecular flexibility index (Phi) is 4.08. The minimum atomic E-state index is 0.950. The Labute approximate surface area is 120 Å². The van der Waals surface area contributed by atoms with Crippen LogP contribution in [-0.2, 0) is 13.0 Å². The highest BCUT2D eigenvalue weighted by Crippen LogP contribution is 2.40. The first kappa shape index (κ1) is 13.4. The van der Waals surface area contributed by atoms with Crippen molar-refractivity contribution in [3.8, 4) is 0 Å². The van der Waals surface area contributed by atoms with Gasteiger partial charge in [0.25, 0.3) is 0 Å². The maximum absolute atomic E-state index is 4.90. The minimum Gasteiger partial charge on any atom is -0.348 e. The van der Waals surface area contributed by atoms with E-state index in [1.807, 2.05) is 11.3 Å². The van der Waals surface area contributed by atoms with E-state index in [0.29, 0.717) is 0 Å². The largest absolute Gasteiger partial charge is 0.348 e. The number of nitrogens with one attached hydrogen (secondary N) is 1. The standard InChI is InChI=1S/C15H25N3S/c1-3-13-14(8-16-4-2)19-15(17-13)18-9-11-6-5-7-12(11)10-18/h11-12,16H,3-10H2,1-2H3. The van der Waals surface area contributed by atoms with Crippen LogP contribution in [0, 0.1) is 11.8 Å². The topological polar surface area (TPSA) is 28.2 Å². The third kappa shape index (κ3) is 2.65. The first-order valence-electron chi connectivity index (χ1n) is 7.76. The molecule has 106 valence electrons. The van der Waals surface area contributed by atoms with Gasteiger partial charge >= 0.3 is 0 Å². The third-order valence-corrected chi connectivity index (χ3v) is 5.79. The molecule has 0 amide bonds. The van der Waals surface area contributed by atoms with Gasteiger partial charge in [-0.3, -0.25) is 0 Å². The van der Waals surface area contributed by atoms with Crippen molar-refractivity contribution in [3.63, 3.8) is 0 Å². The van der Waals surface area contributed by atoms with Crippen molar-refractivity contribution >= 4 is 16.5 Å². The molecule has 3 nitrogen and oxygen atoms in total. The second-order valence-corrected chi connectivity index (χ2v) is 6.92. The van der Waals surface area contributed by atoms with Crippen LogP contribution < -0.4 is 10.2 Å². The van der Waals surface area contributed by atoms with Crippen LogP contribution in [0.25, 0.3) is 0 Å². The zero-order valence-corrected chi connectivity index (χ0v) is 12.9. The molecule has 0 radical (unpaired) electrons. The van der Waals surface area contributed by atoms with Gasteiger partial charge in [-0.25, -0.2) is 4.98 Å². The SMILES string of the molecule is CCNCc1sc(N2CC3CCCC3C2)nc1CC. The summed E-state index contributed by atoms with van der Waals surface area (Å²) in [4.78, 5) is 8.89. The second-order valence-electron chi connectivity index (χ2n) is 5.86. The van der Waals surface area contributed by atoms with Crippen LogP contribution in [0.1, 0.15) is 43.7 Å². The molecule has 1 aromatic rings. The van der Waals surface area contributed by atoms with Crippen LogP contribution in [0.5, 0.6) is 0 Å². The van der Waals surface area contributed by atoms with E-state index < -0.39 is 0 Å². The van der Waals surface area contributed by atoms with Gasteiger partial charge in [-0.2, -0.15) is 0 Å². The molecule has 0 aromatic carbocycles. The van der Waals surface area contributed by atoms with Gasteiger partial charge in [0.2, 0.25) is 0 Å².